The highest BCUT2D eigenvalue weighted by molar-refractivity contribution is 5.97. The lowest BCUT2D eigenvalue weighted by Gasteiger charge is -2.13. The third kappa shape index (κ3) is 15.4. The van der Waals surface area contributed by atoms with Crippen molar-refractivity contribution in [2.24, 2.45) is 10.2 Å². The molecule has 0 N–H and O–H groups in total. The molecule has 332 valence electrons. The molecule has 6 aromatic rings. The third-order valence-corrected chi connectivity index (χ3v) is 10.3. The second-order valence-corrected chi connectivity index (χ2v) is 15.1. The Balaban J connectivity index is 0.848. The van der Waals surface area contributed by atoms with E-state index in [1.807, 2.05) is 68.4 Å². The van der Waals surface area contributed by atoms with Crippen molar-refractivity contribution >= 4 is 23.3 Å². The highest BCUT2D eigenvalue weighted by atomic mass is 16.5. The minimum Gasteiger partial charge on any atom is -0.494 e. The van der Waals surface area contributed by atoms with E-state index in [2.05, 4.69) is 34.5 Å². The molecule has 6 rings (SSSR count). The van der Waals surface area contributed by atoms with Gasteiger partial charge in [-0.05, 0) is 141 Å². The average Bonchev–Trinajstić information content (AvgIpc) is 3.33. The number of carbonyl (C=O) groups is 2. The van der Waals surface area contributed by atoms with Crippen molar-refractivity contribution in [3.05, 3.63) is 157 Å². The van der Waals surface area contributed by atoms with E-state index in [0.29, 0.717) is 49.4 Å². The molecule has 10 heteroatoms. The van der Waals surface area contributed by atoms with Crippen molar-refractivity contribution in [3.8, 4) is 45.6 Å². The van der Waals surface area contributed by atoms with Crippen LogP contribution in [0.5, 0.6) is 34.5 Å². The molecule has 0 bridgehead atoms. The first kappa shape index (κ1) is 46.6. The van der Waals surface area contributed by atoms with Gasteiger partial charge in [0.25, 0.3) is 0 Å². The van der Waals surface area contributed by atoms with Gasteiger partial charge in [-0.3, -0.25) is 0 Å². The standard InChI is InChI=1S/C54H58N2O8/c1-3-59-46-29-33-49(34-30-46)63-53(57)43-22-37-51(54(58)64-50-35-31-47(32-36-50)60-4-2)52(40-43)62-39-17-12-10-8-6-5-7-9-11-16-38-61-48-27-25-45(26-28-48)56-55-44-23-20-42(21-24-44)41-18-14-13-15-19-41/h13-15,18-37,40H,3-12,16-17,38-39H2,1-2H3. The molecule has 64 heavy (non-hydrogen) atoms. The molecule has 6 aromatic carbocycles. The minimum absolute atomic E-state index is 0.216. The van der Waals surface area contributed by atoms with Gasteiger partial charge in [0.1, 0.15) is 40.1 Å². The first-order valence-corrected chi connectivity index (χ1v) is 22.4. The number of hydrogen-bond donors (Lipinski definition) is 0. The van der Waals surface area contributed by atoms with E-state index >= 15 is 0 Å². The van der Waals surface area contributed by atoms with Gasteiger partial charge in [-0.1, -0.05) is 93.8 Å². The van der Waals surface area contributed by atoms with Crippen LogP contribution in [0.25, 0.3) is 11.1 Å². The predicted octanol–water partition coefficient (Wildman–Crippen LogP) is 14.4. The number of ether oxygens (including phenoxy) is 6. The van der Waals surface area contributed by atoms with E-state index in [-0.39, 0.29) is 16.9 Å². The van der Waals surface area contributed by atoms with E-state index in [4.69, 9.17) is 28.4 Å². The normalized spacial score (nSPS) is 11.0. The maximum Gasteiger partial charge on any atom is 0.347 e. The minimum atomic E-state index is -0.592. The summed E-state index contributed by atoms with van der Waals surface area (Å²) in [6, 6.07) is 44.4. The fraction of sp³-hybridized carbons (Fsp3) is 0.296. The number of nitrogens with zero attached hydrogens (tertiary/aromatic N) is 2. The molecule has 10 nitrogen and oxygen atoms in total. The molecule has 0 unspecified atom stereocenters. The van der Waals surface area contributed by atoms with Crippen LogP contribution >= 0.6 is 0 Å². The number of rotatable bonds is 26. The topological polar surface area (TPSA) is 114 Å². The van der Waals surface area contributed by atoms with Crippen LogP contribution in [-0.2, 0) is 0 Å². The van der Waals surface area contributed by atoms with Crippen molar-refractivity contribution in [1.82, 2.24) is 0 Å². The summed E-state index contributed by atoms with van der Waals surface area (Å²) >= 11 is 0. The molecule has 0 atom stereocenters. The molecule has 0 aliphatic carbocycles. The Kier molecular flexibility index (Phi) is 18.8. The van der Waals surface area contributed by atoms with Gasteiger partial charge in [0.15, 0.2) is 0 Å². The Bertz CT molecular complexity index is 2330. The molecule has 0 saturated heterocycles. The molecule has 0 fully saturated rings. The Morgan fingerprint density at radius 3 is 1.36 bits per heavy atom. The molecule has 0 radical (unpaired) electrons. The second-order valence-electron chi connectivity index (χ2n) is 15.1. The number of hydrogen-bond acceptors (Lipinski definition) is 10. The van der Waals surface area contributed by atoms with Crippen LogP contribution in [0.4, 0.5) is 11.4 Å². The van der Waals surface area contributed by atoms with Gasteiger partial charge in [0, 0.05) is 0 Å². The Morgan fingerprint density at radius 2 is 0.828 bits per heavy atom. The van der Waals surface area contributed by atoms with Crippen LogP contribution in [0.2, 0.25) is 0 Å². The lowest BCUT2D eigenvalue weighted by molar-refractivity contribution is 0.0716. The number of azo groups is 1. The van der Waals surface area contributed by atoms with Gasteiger partial charge in [-0.25, -0.2) is 9.59 Å². The smallest absolute Gasteiger partial charge is 0.347 e. The third-order valence-electron chi connectivity index (χ3n) is 10.3. The summed E-state index contributed by atoms with van der Waals surface area (Å²) in [5.74, 6) is 2.05. The van der Waals surface area contributed by atoms with Crippen LogP contribution in [0.1, 0.15) is 98.8 Å². The summed E-state index contributed by atoms with van der Waals surface area (Å²) in [6.07, 6.45) is 11.0. The second kappa shape index (κ2) is 25.9. The monoisotopic (exact) mass is 862 g/mol. The van der Waals surface area contributed by atoms with Gasteiger partial charge >= 0.3 is 11.9 Å². The molecule has 0 heterocycles. The molecule has 0 aliphatic rings. The molecule has 0 spiro atoms. The largest absolute Gasteiger partial charge is 0.494 e. The van der Waals surface area contributed by atoms with E-state index in [9.17, 15) is 9.59 Å². The summed E-state index contributed by atoms with van der Waals surface area (Å²) in [7, 11) is 0. The van der Waals surface area contributed by atoms with Crippen molar-refractivity contribution in [2.75, 3.05) is 26.4 Å². The Hall–Kier alpha value is -6.94. The molecular formula is C54H58N2O8. The van der Waals surface area contributed by atoms with E-state index < -0.39 is 11.9 Å². The highest BCUT2D eigenvalue weighted by Gasteiger charge is 2.19. The van der Waals surface area contributed by atoms with Crippen LogP contribution in [0, 0.1) is 0 Å². The number of carbonyl (C=O) groups excluding carboxylic acids is 2. The fourth-order valence-corrected chi connectivity index (χ4v) is 6.87. The Labute approximate surface area is 377 Å². The summed E-state index contributed by atoms with van der Waals surface area (Å²) in [5.41, 5.74) is 4.39. The van der Waals surface area contributed by atoms with Gasteiger partial charge in [-0.15, -0.1) is 0 Å². The van der Waals surface area contributed by atoms with Gasteiger partial charge in [0.05, 0.1) is 43.4 Å². The SMILES string of the molecule is CCOc1ccc(OC(=O)c2ccc(C(=O)Oc3ccc(OCC)cc3)c(OCCCCCCCCCCCCOc3ccc(N=Nc4ccc(-c5ccccc5)cc4)cc3)c2)cc1. The average molecular weight is 863 g/mol. The maximum atomic E-state index is 13.3. The fourth-order valence-electron chi connectivity index (χ4n) is 6.87. The van der Waals surface area contributed by atoms with Crippen LogP contribution in [0.3, 0.4) is 0 Å². The summed E-state index contributed by atoms with van der Waals surface area (Å²) in [4.78, 5) is 26.4. The van der Waals surface area contributed by atoms with Gasteiger partial charge in [-0.2, -0.15) is 10.2 Å². The van der Waals surface area contributed by atoms with E-state index in [0.717, 1.165) is 61.2 Å². The van der Waals surface area contributed by atoms with Crippen LogP contribution < -0.4 is 28.4 Å². The van der Waals surface area contributed by atoms with Gasteiger partial charge in [0.2, 0.25) is 0 Å². The first-order chi connectivity index (χ1) is 31.5. The van der Waals surface area contributed by atoms with Gasteiger partial charge < -0.3 is 28.4 Å². The highest BCUT2D eigenvalue weighted by Crippen LogP contribution is 2.28. The zero-order valence-electron chi connectivity index (χ0n) is 36.9. The van der Waals surface area contributed by atoms with Crippen molar-refractivity contribution in [2.45, 2.75) is 78.1 Å². The van der Waals surface area contributed by atoms with E-state index in [1.54, 1.807) is 48.5 Å². The predicted molar refractivity (Wildman–Crippen MR) is 251 cm³/mol. The number of unbranched alkanes of at least 4 members (excludes halogenated alkanes) is 9. The summed E-state index contributed by atoms with van der Waals surface area (Å²) in [6.45, 7) is 5.96. The Morgan fingerprint density at radius 1 is 0.406 bits per heavy atom. The molecule has 0 aliphatic heterocycles. The number of benzene rings is 6. The molecule has 0 saturated carbocycles. The van der Waals surface area contributed by atoms with Crippen molar-refractivity contribution < 1.29 is 38.0 Å². The van der Waals surface area contributed by atoms with Crippen LogP contribution in [-0.4, -0.2) is 38.4 Å². The van der Waals surface area contributed by atoms with Crippen molar-refractivity contribution in [1.29, 1.82) is 0 Å². The quantitative estimate of drug-likeness (QED) is 0.0229. The lowest BCUT2D eigenvalue weighted by atomic mass is 10.1. The zero-order valence-corrected chi connectivity index (χ0v) is 36.9. The zero-order chi connectivity index (χ0) is 44.6. The van der Waals surface area contributed by atoms with Crippen molar-refractivity contribution in [3.63, 3.8) is 0 Å². The van der Waals surface area contributed by atoms with Crippen LogP contribution in [0.15, 0.2) is 156 Å². The summed E-state index contributed by atoms with van der Waals surface area (Å²) in [5, 5.41) is 8.76. The maximum absolute atomic E-state index is 13.3. The molecule has 0 aromatic heterocycles. The molecular weight excluding hydrogens is 805 g/mol. The molecule has 0 amide bonds. The lowest BCUT2D eigenvalue weighted by Crippen LogP contribution is -2.14. The van der Waals surface area contributed by atoms with E-state index in [1.165, 1.54) is 49.4 Å². The number of esters is 2. The summed E-state index contributed by atoms with van der Waals surface area (Å²) < 4.78 is 34.3. The first-order valence-electron chi connectivity index (χ1n) is 22.4.